The summed E-state index contributed by atoms with van der Waals surface area (Å²) < 4.78 is 5.95. The number of nitrogens with zero attached hydrogens (tertiary/aromatic N) is 1. The molecule has 0 saturated carbocycles. The number of aromatic nitrogens is 1. The molecule has 106 valence electrons. The Balaban J connectivity index is 1.88. The molecule has 0 fully saturated rings. The molecule has 1 aromatic heterocycles. The highest BCUT2D eigenvalue weighted by Crippen LogP contribution is 2.25. The summed E-state index contributed by atoms with van der Waals surface area (Å²) in [5.41, 5.74) is 1.33. The first-order chi connectivity index (χ1) is 10.1. The zero-order valence-electron chi connectivity index (χ0n) is 10.7. The monoisotopic (exact) mass is 381 g/mol. The lowest BCUT2D eigenvalue weighted by Gasteiger charge is -2.03. The third-order valence-electron chi connectivity index (χ3n) is 2.86. The van der Waals surface area contributed by atoms with Crippen LogP contribution in [0.4, 0.5) is 0 Å². The van der Waals surface area contributed by atoms with Crippen molar-refractivity contribution in [2.75, 3.05) is 0 Å². The van der Waals surface area contributed by atoms with E-state index in [0.29, 0.717) is 31.4 Å². The average molecular weight is 383 g/mol. The fourth-order valence-electron chi connectivity index (χ4n) is 1.85. The minimum atomic E-state index is -0.383. The summed E-state index contributed by atoms with van der Waals surface area (Å²) in [6, 6.07) is 13.0. The van der Waals surface area contributed by atoms with E-state index in [0.717, 1.165) is 5.56 Å². The quantitative estimate of drug-likeness (QED) is 0.605. The van der Waals surface area contributed by atoms with Gasteiger partial charge in [0.1, 0.15) is 5.39 Å². The van der Waals surface area contributed by atoms with Crippen LogP contribution in [0.2, 0.25) is 5.02 Å². The Labute approximate surface area is 138 Å². The normalized spacial score (nSPS) is 11.0. The van der Waals surface area contributed by atoms with Gasteiger partial charge in [-0.25, -0.2) is 9.78 Å². The van der Waals surface area contributed by atoms with Crippen molar-refractivity contribution in [3.05, 3.63) is 67.9 Å². The minimum Gasteiger partial charge on any atom is -0.397 e. The lowest BCUT2D eigenvalue weighted by Crippen LogP contribution is -2.03. The maximum atomic E-state index is 12.0. The molecule has 2 aromatic carbocycles. The lowest BCUT2D eigenvalue weighted by molar-refractivity contribution is 0.401. The van der Waals surface area contributed by atoms with E-state index < -0.39 is 0 Å². The molecule has 0 bridgehead atoms. The van der Waals surface area contributed by atoms with Gasteiger partial charge in [-0.2, -0.15) is 0 Å². The molecule has 0 aliphatic carbocycles. The third-order valence-corrected chi connectivity index (χ3v) is 4.68. The van der Waals surface area contributed by atoms with E-state index in [2.05, 4.69) is 20.9 Å². The molecule has 0 aliphatic rings. The summed E-state index contributed by atoms with van der Waals surface area (Å²) in [5.74, 6) is 0.659. The molecule has 3 rings (SSSR count). The summed E-state index contributed by atoms with van der Waals surface area (Å²) in [6.07, 6.45) is 0. The molecule has 0 atom stereocenters. The largest absolute Gasteiger partial charge is 0.397 e. The highest BCUT2D eigenvalue weighted by atomic mass is 79.9. The van der Waals surface area contributed by atoms with Crippen LogP contribution in [0.1, 0.15) is 5.56 Å². The number of halogens is 2. The van der Waals surface area contributed by atoms with Crippen molar-refractivity contribution in [3.63, 3.8) is 0 Å². The standard InChI is InChI=1S/C15H9BrClNO2S/c16-11-2-1-3-12-13(11)14(19)20-15(18-12)21-8-9-4-6-10(17)7-5-9/h1-7H,8H2. The molecular weight excluding hydrogens is 374 g/mol. The Hall–Kier alpha value is -1.30. The molecule has 0 unspecified atom stereocenters. The van der Waals surface area contributed by atoms with Crippen molar-refractivity contribution in [3.8, 4) is 0 Å². The Kier molecular flexibility index (Phi) is 4.33. The maximum absolute atomic E-state index is 12.0. The van der Waals surface area contributed by atoms with Crippen LogP contribution in [0.25, 0.3) is 10.9 Å². The van der Waals surface area contributed by atoms with E-state index in [9.17, 15) is 4.79 Å². The summed E-state index contributed by atoms with van der Waals surface area (Å²) in [6.45, 7) is 0. The molecular formula is C15H9BrClNO2S. The van der Waals surface area contributed by atoms with Gasteiger partial charge < -0.3 is 4.42 Å². The van der Waals surface area contributed by atoms with Crippen LogP contribution in [-0.2, 0) is 5.75 Å². The van der Waals surface area contributed by atoms with Gasteiger partial charge in [-0.1, -0.05) is 41.6 Å². The smallest absolute Gasteiger partial charge is 0.348 e. The van der Waals surface area contributed by atoms with Crippen molar-refractivity contribution >= 4 is 50.2 Å². The Morgan fingerprint density at radius 3 is 2.71 bits per heavy atom. The molecule has 0 aliphatic heterocycles. The first-order valence-corrected chi connectivity index (χ1v) is 8.26. The van der Waals surface area contributed by atoms with E-state index in [1.54, 1.807) is 12.1 Å². The Bertz CT molecular complexity index is 848. The molecule has 0 N–H and O–H groups in total. The van der Waals surface area contributed by atoms with Crippen molar-refractivity contribution in [2.24, 2.45) is 0 Å². The summed E-state index contributed by atoms with van der Waals surface area (Å²) in [4.78, 5) is 16.4. The van der Waals surface area contributed by atoms with Crippen molar-refractivity contribution in [2.45, 2.75) is 11.0 Å². The van der Waals surface area contributed by atoms with Crippen LogP contribution in [0.5, 0.6) is 0 Å². The second-order valence-electron chi connectivity index (χ2n) is 4.32. The van der Waals surface area contributed by atoms with E-state index in [4.69, 9.17) is 16.0 Å². The number of fused-ring (bicyclic) bond motifs is 1. The number of thioether (sulfide) groups is 1. The van der Waals surface area contributed by atoms with Gasteiger partial charge in [-0.05, 0) is 45.8 Å². The fourth-order valence-corrected chi connectivity index (χ4v) is 3.27. The molecule has 6 heteroatoms. The molecule has 0 amide bonds. The Morgan fingerprint density at radius 2 is 1.95 bits per heavy atom. The lowest BCUT2D eigenvalue weighted by atomic mass is 10.2. The number of benzene rings is 2. The summed E-state index contributed by atoms with van der Waals surface area (Å²) >= 11 is 10.6. The topological polar surface area (TPSA) is 43.1 Å². The van der Waals surface area contributed by atoms with E-state index >= 15 is 0 Å². The number of hydrogen-bond acceptors (Lipinski definition) is 4. The van der Waals surface area contributed by atoms with Gasteiger partial charge in [0.15, 0.2) is 0 Å². The number of rotatable bonds is 3. The molecule has 21 heavy (non-hydrogen) atoms. The van der Waals surface area contributed by atoms with Crippen LogP contribution in [0, 0.1) is 0 Å². The second-order valence-corrected chi connectivity index (χ2v) is 6.53. The van der Waals surface area contributed by atoms with Gasteiger partial charge in [0.05, 0.1) is 5.52 Å². The summed E-state index contributed by atoms with van der Waals surface area (Å²) in [5, 5.41) is 1.53. The Morgan fingerprint density at radius 1 is 1.19 bits per heavy atom. The highest BCUT2D eigenvalue weighted by molar-refractivity contribution is 9.10. The van der Waals surface area contributed by atoms with Gasteiger partial charge >= 0.3 is 5.63 Å². The maximum Gasteiger partial charge on any atom is 0.348 e. The molecule has 0 radical (unpaired) electrons. The third kappa shape index (κ3) is 3.31. The SMILES string of the molecule is O=c1oc(SCc2ccc(Cl)cc2)nc2cccc(Br)c12. The van der Waals surface area contributed by atoms with Gasteiger partial charge in [-0.15, -0.1) is 0 Å². The van der Waals surface area contributed by atoms with E-state index in [1.807, 2.05) is 30.3 Å². The van der Waals surface area contributed by atoms with Crippen LogP contribution in [-0.4, -0.2) is 4.98 Å². The molecule has 1 heterocycles. The van der Waals surface area contributed by atoms with Crippen LogP contribution in [0.3, 0.4) is 0 Å². The van der Waals surface area contributed by atoms with Crippen LogP contribution >= 0.6 is 39.3 Å². The molecule has 3 nitrogen and oxygen atoms in total. The zero-order chi connectivity index (χ0) is 14.8. The van der Waals surface area contributed by atoms with Crippen LogP contribution < -0.4 is 5.63 Å². The van der Waals surface area contributed by atoms with E-state index in [1.165, 1.54) is 11.8 Å². The molecule has 0 spiro atoms. The molecule has 3 aromatic rings. The highest BCUT2D eigenvalue weighted by Gasteiger charge is 2.09. The number of hydrogen-bond donors (Lipinski definition) is 0. The minimum absolute atomic E-state index is 0.362. The first kappa shape index (κ1) is 14.6. The van der Waals surface area contributed by atoms with Crippen molar-refractivity contribution in [1.29, 1.82) is 0 Å². The summed E-state index contributed by atoms with van der Waals surface area (Å²) in [7, 11) is 0. The van der Waals surface area contributed by atoms with E-state index in [-0.39, 0.29) is 5.63 Å². The first-order valence-electron chi connectivity index (χ1n) is 6.10. The van der Waals surface area contributed by atoms with Gasteiger partial charge in [-0.3, -0.25) is 0 Å². The van der Waals surface area contributed by atoms with Crippen LogP contribution in [0.15, 0.2) is 61.4 Å². The molecule has 0 saturated heterocycles. The predicted octanol–water partition coefficient (Wildman–Crippen LogP) is 4.90. The van der Waals surface area contributed by atoms with Gasteiger partial charge in [0.2, 0.25) is 0 Å². The predicted molar refractivity (Wildman–Crippen MR) is 89.0 cm³/mol. The van der Waals surface area contributed by atoms with Gasteiger partial charge in [0.25, 0.3) is 5.22 Å². The van der Waals surface area contributed by atoms with Gasteiger partial charge in [0, 0.05) is 15.2 Å². The van der Waals surface area contributed by atoms with Crippen molar-refractivity contribution < 1.29 is 4.42 Å². The second kappa shape index (κ2) is 6.22. The average Bonchev–Trinajstić information content (AvgIpc) is 2.46. The fraction of sp³-hybridized carbons (Fsp3) is 0.0667. The van der Waals surface area contributed by atoms with Crippen molar-refractivity contribution in [1.82, 2.24) is 4.98 Å². The zero-order valence-corrected chi connectivity index (χ0v) is 13.8.